The first-order chi connectivity index (χ1) is 8.11. The fraction of sp³-hybridized carbons (Fsp3) is 0.364. The number of carbonyl (C=O) groups is 1. The van der Waals surface area contributed by atoms with Crippen molar-refractivity contribution in [3.05, 3.63) is 28.2 Å². The topological polar surface area (TPSA) is 58.6 Å². The predicted octanol–water partition coefficient (Wildman–Crippen LogP) is 2.44. The molecule has 17 heavy (non-hydrogen) atoms. The summed E-state index contributed by atoms with van der Waals surface area (Å²) in [5.41, 5.74) is 0. The van der Waals surface area contributed by atoms with Crippen LogP contribution in [0.15, 0.2) is 18.2 Å². The molecule has 0 bridgehead atoms. The van der Waals surface area contributed by atoms with Crippen LogP contribution in [0.3, 0.4) is 0 Å². The van der Waals surface area contributed by atoms with E-state index in [1.807, 2.05) is 0 Å². The van der Waals surface area contributed by atoms with E-state index in [0.29, 0.717) is 35.5 Å². The molecule has 0 radical (unpaired) electrons. The summed E-state index contributed by atoms with van der Waals surface area (Å²) in [5.74, 6) is -0.372. The minimum atomic E-state index is -0.826. The zero-order chi connectivity index (χ0) is 12.7. The Hall–Kier alpha value is -0.970. The van der Waals surface area contributed by atoms with E-state index in [4.69, 9.17) is 33.0 Å². The van der Waals surface area contributed by atoms with Crippen LogP contribution in [-0.4, -0.2) is 30.8 Å². The maximum Gasteiger partial charge on any atom is 0.304 e. The van der Waals surface area contributed by atoms with Gasteiger partial charge in [0, 0.05) is 13.1 Å². The van der Waals surface area contributed by atoms with Gasteiger partial charge in [-0.2, -0.15) is 0 Å². The van der Waals surface area contributed by atoms with E-state index in [1.165, 1.54) is 0 Å². The third kappa shape index (κ3) is 5.26. The standard InChI is InChI=1S/C11H13Cl2NO3/c12-8-2-1-3-9(13)11(8)17-7-6-14-5-4-10(15)16/h1-3,14H,4-7H2,(H,15,16). The van der Waals surface area contributed by atoms with Gasteiger partial charge in [-0.1, -0.05) is 29.3 Å². The highest BCUT2D eigenvalue weighted by molar-refractivity contribution is 6.37. The van der Waals surface area contributed by atoms with Crippen molar-refractivity contribution < 1.29 is 14.6 Å². The first kappa shape index (κ1) is 14.1. The number of para-hydroxylation sites is 1. The van der Waals surface area contributed by atoms with Crippen LogP contribution < -0.4 is 10.1 Å². The number of carboxylic acids is 1. The molecule has 0 aliphatic carbocycles. The molecule has 0 fully saturated rings. The molecule has 0 amide bonds. The van der Waals surface area contributed by atoms with Crippen LogP contribution in [0.5, 0.6) is 5.75 Å². The molecular weight excluding hydrogens is 265 g/mol. The van der Waals surface area contributed by atoms with E-state index in [9.17, 15) is 4.79 Å². The number of ether oxygens (including phenoxy) is 1. The van der Waals surface area contributed by atoms with Gasteiger partial charge in [0.05, 0.1) is 16.5 Å². The molecule has 0 spiro atoms. The Morgan fingerprint density at radius 3 is 2.53 bits per heavy atom. The van der Waals surface area contributed by atoms with Gasteiger partial charge in [-0.3, -0.25) is 4.79 Å². The molecule has 1 rings (SSSR count). The summed E-state index contributed by atoms with van der Waals surface area (Å²) >= 11 is 11.8. The summed E-state index contributed by atoms with van der Waals surface area (Å²) in [7, 11) is 0. The largest absolute Gasteiger partial charge is 0.489 e. The maximum absolute atomic E-state index is 10.2. The Bertz CT molecular complexity index is 365. The fourth-order valence-electron chi connectivity index (χ4n) is 1.17. The lowest BCUT2D eigenvalue weighted by Crippen LogP contribution is -2.23. The van der Waals surface area contributed by atoms with Gasteiger partial charge in [-0.05, 0) is 12.1 Å². The Balaban J connectivity index is 2.24. The van der Waals surface area contributed by atoms with Crippen LogP contribution in [0.25, 0.3) is 0 Å². The van der Waals surface area contributed by atoms with E-state index in [0.717, 1.165) is 0 Å². The van der Waals surface area contributed by atoms with Crippen molar-refractivity contribution >= 4 is 29.2 Å². The van der Waals surface area contributed by atoms with Gasteiger partial charge in [0.25, 0.3) is 0 Å². The quantitative estimate of drug-likeness (QED) is 0.752. The van der Waals surface area contributed by atoms with Crippen LogP contribution >= 0.6 is 23.2 Å². The molecule has 0 saturated carbocycles. The summed E-state index contributed by atoms with van der Waals surface area (Å²) in [4.78, 5) is 10.2. The van der Waals surface area contributed by atoms with Crippen LogP contribution in [0, 0.1) is 0 Å². The van der Waals surface area contributed by atoms with E-state index >= 15 is 0 Å². The fourth-order valence-corrected chi connectivity index (χ4v) is 1.67. The van der Waals surface area contributed by atoms with Crippen molar-refractivity contribution in [2.45, 2.75) is 6.42 Å². The summed E-state index contributed by atoms with van der Waals surface area (Å²) in [6.07, 6.45) is 0.0901. The number of hydrogen-bond donors (Lipinski definition) is 2. The van der Waals surface area contributed by atoms with Gasteiger partial charge >= 0.3 is 5.97 Å². The van der Waals surface area contributed by atoms with E-state index in [-0.39, 0.29) is 6.42 Å². The average Bonchev–Trinajstić information content (AvgIpc) is 2.26. The van der Waals surface area contributed by atoms with Crippen molar-refractivity contribution in [3.8, 4) is 5.75 Å². The second kappa shape index (κ2) is 7.37. The average molecular weight is 278 g/mol. The van der Waals surface area contributed by atoms with Gasteiger partial charge in [-0.25, -0.2) is 0 Å². The number of rotatable bonds is 7. The van der Waals surface area contributed by atoms with Gasteiger partial charge in [0.15, 0.2) is 5.75 Å². The highest BCUT2D eigenvalue weighted by Crippen LogP contribution is 2.31. The molecule has 0 unspecified atom stereocenters. The lowest BCUT2D eigenvalue weighted by molar-refractivity contribution is -0.136. The molecule has 4 nitrogen and oxygen atoms in total. The van der Waals surface area contributed by atoms with Crippen LogP contribution in [0.1, 0.15) is 6.42 Å². The Morgan fingerprint density at radius 2 is 1.94 bits per heavy atom. The van der Waals surface area contributed by atoms with Crippen molar-refractivity contribution in [2.24, 2.45) is 0 Å². The molecule has 0 aromatic heterocycles. The van der Waals surface area contributed by atoms with Crippen molar-refractivity contribution in [3.63, 3.8) is 0 Å². The van der Waals surface area contributed by atoms with E-state index in [1.54, 1.807) is 18.2 Å². The molecule has 0 heterocycles. The van der Waals surface area contributed by atoms with Crippen LogP contribution in [-0.2, 0) is 4.79 Å². The number of benzene rings is 1. The second-order valence-corrected chi connectivity index (χ2v) is 4.11. The van der Waals surface area contributed by atoms with E-state index < -0.39 is 5.97 Å². The minimum Gasteiger partial charge on any atom is -0.489 e. The predicted molar refractivity (Wildman–Crippen MR) is 67.1 cm³/mol. The summed E-state index contributed by atoms with van der Waals surface area (Å²) in [5, 5.41) is 12.3. The molecular formula is C11H13Cl2NO3. The monoisotopic (exact) mass is 277 g/mol. The Kier molecular flexibility index (Phi) is 6.11. The number of hydrogen-bond acceptors (Lipinski definition) is 3. The first-order valence-corrected chi connectivity index (χ1v) is 5.86. The van der Waals surface area contributed by atoms with Gasteiger partial charge < -0.3 is 15.2 Å². The summed E-state index contributed by atoms with van der Waals surface area (Å²) in [6.45, 7) is 1.33. The molecule has 6 heteroatoms. The summed E-state index contributed by atoms with van der Waals surface area (Å²) < 4.78 is 5.40. The second-order valence-electron chi connectivity index (χ2n) is 3.29. The van der Waals surface area contributed by atoms with Crippen molar-refractivity contribution in [2.75, 3.05) is 19.7 Å². The Morgan fingerprint density at radius 1 is 1.29 bits per heavy atom. The van der Waals surface area contributed by atoms with Gasteiger partial charge in [0.1, 0.15) is 6.61 Å². The highest BCUT2D eigenvalue weighted by atomic mass is 35.5. The minimum absolute atomic E-state index is 0.0901. The number of halogens is 2. The third-order valence-electron chi connectivity index (χ3n) is 1.96. The first-order valence-electron chi connectivity index (χ1n) is 5.10. The zero-order valence-electron chi connectivity index (χ0n) is 9.08. The van der Waals surface area contributed by atoms with Crippen LogP contribution in [0.2, 0.25) is 10.0 Å². The molecule has 0 aliphatic rings. The number of carboxylic acid groups (broad SMARTS) is 1. The molecule has 0 saturated heterocycles. The molecule has 2 N–H and O–H groups in total. The summed E-state index contributed by atoms with van der Waals surface area (Å²) in [6, 6.07) is 5.13. The molecule has 94 valence electrons. The number of aliphatic carboxylic acids is 1. The lowest BCUT2D eigenvalue weighted by atomic mass is 10.3. The molecule has 1 aromatic rings. The Labute approximate surface area is 109 Å². The molecule has 0 atom stereocenters. The van der Waals surface area contributed by atoms with Crippen molar-refractivity contribution in [1.82, 2.24) is 5.32 Å². The smallest absolute Gasteiger partial charge is 0.304 e. The van der Waals surface area contributed by atoms with Gasteiger partial charge in [-0.15, -0.1) is 0 Å². The SMILES string of the molecule is O=C(O)CCNCCOc1c(Cl)cccc1Cl. The van der Waals surface area contributed by atoms with Crippen molar-refractivity contribution in [1.29, 1.82) is 0 Å². The highest BCUT2D eigenvalue weighted by Gasteiger charge is 2.05. The van der Waals surface area contributed by atoms with E-state index in [2.05, 4.69) is 5.32 Å². The normalized spacial score (nSPS) is 10.2. The van der Waals surface area contributed by atoms with Crippen LogP contribution in [0.4, 0.5) is 0 Å². The number of nitrogens with one attached hydrogen (secondary N) is 1. The molecule has 1 aromatic carbocycles. The molecule has 0 aliphatic heterocycles. The lowest BCUT2D eigenvalue weighted by Gasteiger charge is -2.09. The third-order valence-corrected chi connectivity index (χ3v) is 2.56. The van der Waals surface area contributed by atoms with Gasteiger partial charge in [0.2, 0.25) is 0 Å². The zero-order valence-corrected chi connectivity index (χ0v) is 10.6. The maximum atomic E-state index is 10.2.